The highest BCUT2D eigenvalue weighted by molar-refractivity contribution is 5.82. The number of halogens is 2. The van der Waals surface area contributed by atoms with Gasteiger partial charge in [0, 0.05) is 18.7 Å². The highest BCUT2D eigenvalue weighted by Gasteiger charge is 2.38. The van der Waals surface area contributed by atoms with Crippen LogP contribution in [0.5, 0.6) is 0 Å². The molecule has 0 heterocycles. The van der Waals surface area contributed by atoms with Gasteiger partial charge >= 0.3 is 5.97 Å². The Labute approximate surface area is 124 Å². The molecule has 1 N–H and O–H groups in total. The molecule has 0 fully saturated rings. The third-order valence-electron chi connectivity index (χ3n) is 3.42. The number of ether oxygens (including phenoxy) is 1. The van der Waals surface area contributed by atoms with E-state index < -0.39 is 23.1 Å². The maximum absolute atomic E-state index is 14.2. The van der Waals surface area contributed by atoms with Crippen LogP contribution in [0.4, 0.5) is 8.78 Å². The molecule has 0 aliphatic carbocycles. The average molecular weight is 300 g/mol. The second-order valence-electron chi connectivity index (χ2n) is 5.43. The predicted octanol–water partition coefficient (Wildman–Crippen LogP) is 1.81. The quantitative estimate of drug-likeness (QED) is 0.814. The highest BCUT2D eigenvalue weighted by Crippen LogP contribution is 2.27. The first-order valence-electron chi connectivity index (χ1n) is 6.66. The van der Waals surface area contributed by atoms with Gasteiger partial charge in [-0.1, -0.05) is 0 Å². The molecule has 0 bridgehead atoms. The summed E-state index contributed by atoms with van der Waals surface area (Å²) in [6.45, 7) is 4.02. The number of hydrogen-bond acceptors (Lipinski definition) is 4. The molecule has 0 aromatic heterocycles. The summed E-state index contributed by atoms with van der Waals surface area (Å²) in [5.74, 6) is -1.86. The molecule has 1 aromatic rings. The van der Waals surface area contributed by atoms with E-state index in [9.17, 15) is 13.6 Å². The fourth-order valence-corrected chi connectivity index (χ4v) is 2.04. The van der Waals surface area contributed by atoms with Crippen molar-refractivity contribution in [3.63, 3.8) is 0 Å². The van der Waals surface area contributed by atoms with Crippen LogP contribution in [0.1, 0.15) is 18.1 Å². The maximum Gasteiger partial charge on any atom is 0.330 e. The molecule has 1 unspecified atom stereocenters. The summed E-state index contributed by atoms with van der Waals surface area (Å²) in [4.78, 5) is 14.0. The van der Waals surface area contributed by atoms with Crippen molar-refractivity contribution in [1.82, 2.24) is 10.2 Å². The molecular formula is C15H22F2N2O2. The summed E-state index contributed by atoms with van der Waals surface area (Å²) in [5, 5.41) is 2.96. The lowest BCUT2D eigenvalue weighted by Gasteiger charge is -2.29. The monoisotopic (exact) mass is 300 g/mol. The zero-order chi connectivity index (χ0) is 16.2. The Morgan fingerprint density at radius 2 is 1.95 bits per heavy atom. The third kappa shape index (κ3) is 3.98. The molecular weight excluding hydrogens is 278 g/mol. The van der Waals surface area contributed by atoms with Crippen LogP contribution in [0.3, 0.4) is 0 Å². The van der Waals surface area contributed by atoms with E-state index in [1.54, 1.807) is 0 Å². The van der Waals surface area contributed by atoms with E-state index in [1.807, 2.05) is 19.0 Å². The molecule has 0 spiro atoms. The first-order valence-corrected chi connectivity index (χ1v) is 6.66. The Bertz CT molecular complexity index is 521. The Hall–Kier alpha value is -1.53. The molecule has 0 aliphatic heterocycles. The van der Waals surface area contributed by atoms with Crippen LogP contribution < -0.4 is 5.32 Å². The van der Waals surface area contributed by atoms with Crippen LogP contribution in [-0.4, -0.2) is 45.2 Å². The molecule has 0 amide bonds. The largest absolute Gasteiger partial charge is 0.467 e. The number of likely N-dealkylation sites (N-methyl/N-ethyl adjacent to an activating group) is 1. The Balaban J connectivity index is 3.18. The van der Waals surface area contributed by atoms with E-state index >= 15 is 0 Å². The summed E-state index contributed by atoms with van der Waals surface area (Å²) < 4.78 is 32.7. The van der Waals surface area contributed by atoms with Crippen LogP contribution in [-0.2, 0) is 15.1 Å². The van der Waals surface area contributed by atoms with Crippen LogP contribution in [0.25, 0.3) is 0 Å². The van der Waals surface area contributed by atoms with Gasteiger partial charge in [0.25, 0.3) is 0 Å². The SMILES string of the molecule is COC(=O)C(C)(NCCN(C)C)c1cc(F)c(C)cc1F. The van der Waals surface area contributed by atoms with Crippen molar-refractivity contribution >= 4 is 5.97 Å². The highest BCUT2D eigenvalue weighted by atomic mass is 19.1. The van der Waals surface area contributed by atoms with Crippen molar-refractivity contribution in [3.05, 3.63) is 34.9 Å². The van der Waals surface area contributed by atoms with E-state index in [2.05, 4.69) is 5.32 Å². The second kappa shape index (κ2) is 6.95. The summed E-state index contributed by atoms with van der Waals surface area (Å²) >= 11 is 0. The lowest BCUT2D eigenvalue weighted by molar-refractivity contribution is -0.148. The number of hydrogen-bond donors (Lipinski definition) is 1. The van der Waals surface area contributed by atoms with Crippen molar-refractivity contribution < 1.29 is 18.3 Å². The first kappa shape index (κ1) is 17.5. The molecule has 1 aromatic carbocycles. The van der Waals surface area contributed by atoms with Crippen LogP contribution >= 0.6 is 0 Å². The van der Waals surface area contributed by atoms with Crippen LogP contribution in [0, 0.1) is 18.6 Å². The van der Waals surface area contributed by atoms with E-state index in [-0.39, 0.29) is 11.1 Å². The van der Waals surface area contributed by atoms with Gasteiger partial charge in [0.15, 0.2) is 0 Å². The lowest BCUT2D eigenvalue weighted by Crippen LogP contribution is -2.50. The Morgan fingerprint density at radius 3 is 2.48 bits per heavy atom. The van der Waals surface area contributed by atoms with Gasteiger partial charge in [0.1, 0.15) is 17.2 Å². The number of carbonyl (C=O) groups is 1. The molecule has 1 rings (SSSR count). The molecule has 4 nitrogen and oxygen atoms in total. The number of methoxy groups -OCH3 is 1. The number of nitrogens with one attached hydrogen (secondary N) is 1. The summed E-state index contributed by atoms with van der Waals surface area (Å²) in [7, 11) is 4.98. The smallest absolute Gasteiger partial charge is 0.330 e. The standard InChI is InChI=1S/C15H22F2N2O2/c1-10-8-13(17)11(9-12(10)16)15(2,14(20)21-5)18-6-7-19(3)4/h8-9,18H,6-7H2,1-5H3. The molecule has 0 radical (unpaired) electrons. The number of esters is 1. The van der Waals surface area contributed by atoms with Gasteiger partial charge in [-0.3, -0.25) is 5.32 Å². The topological polar surface area (TPSA) is 41.6 Å². The molecule has 0 aliphatic rings. The Kier molecular flexibility index (Phi) is 5.80. The van der Waals surface area contributed by atoms with Gasteiger partial charge in [0.05, 0.1) is 7.11 Å². The van der Waals surface area contributed by atoms with E-state index in [1.165, 1.54) is 21.0 Å². The number of carbonyl (C=O) groups excluding carboxylic acids is 1. The molecule has 0 saturated carbocycles. The molecule has 0 saturated heterocycles. The number of aryl methyl sites for hydroxylation is 1. The van der Waals surface area contributed by atoms with Crippen molar-refractivity contribution in [2.24, 2.45) is 0 Å². The predicted molar refractivity (Wildman–Crippen MR) is 77.0 cm³/mol. The summed E-state index contributed by atoms with van der Waals surface area (Å²) in [5.41, 5.74) is -1.31. The number of rotatable bonds is 6. The second-order valence-corrected chi connectivity index (χ2v) is 5.43. The normalized spacial score (nSPS) is 14.1. The fraction of sp³-hybridized carbons (Fsp3) is 0.533. The zero-order valence-electron chi connectivity index (χ0n) is 13.1. The molecule has 1 atom stereocenters. The van der Waals surface area contributed by atoms with Crippen LogP contribution in [0.2, 0.25) is 0 Å². The minimum absolute atomic E-state index is 0.0591. The average Bonchev–Trinajstić information content (AvgIpc) is 2.41. The van der Waals surface area contributed by atoms with Gasteiger partial charge in [-0.2, -0.15) is 0 Å². The van der Waals surface area contributed by atoms with Crippen molar-refractivity contribution in [2.45, 2.75) is 19.4 Å². The lowest BCUT2D eigenvalue weighted by atomic mass is 9.90. The van der Waals surface area contributed by atoms with Crippen molar-refractivity contribution in [3.8, 4) is 0 Å². The number of benzene rings is 1. The Morgan fingerprint density at radius 1 is 1.33 bits per heavy atom. The molecule has 21 heavy (non-hydrogen) atoms. The van der Waals surface area contributed by atoms with E-state index in [0.29, 0.717) is 13.1 Å². The van der Waals surface area contributed by atoms with Gasteiger partial charge in [0.2, 0.25) is 0 Å². The van der Waals surface area contributed by atoms with Gasteiger partial charge in [-0.25, -0.2) is 13.6 Å². The number of nitrogens with zero attached hydrogens (tertiary/aromatic N) is 1. The summed E-state index contributed by atoms with van der Waals surface area (Å²) in [6, 6.07) is 2.13. The molecule has 118 valence electrons. The fourth-order valence-electron chi connectivity index (χ4n) is 2.04. The maximum atomic E-state index is 14.2. The minimum atomic E-state index is -1.44. The third-order valence-corrected chi connectivity index (χ3v) is 3.42. The van der Waals surface area contributed by atoms with Gasteiger partial charge < -0.3 is 9.64 Å². The van der Waals surface area contributed by atoms with E-state index in [0.717, 1.165) is 12.1 Å². The minimum Gasteiger partial charge on any atom is -0.467 e. The summed E-state index contributed by atoms with van der Waals surface area (Å²) in [6.07, 6.45) is 0. The first-order chi connectivity index (χ1) is 9.72. The van der Waals surface area contributed by atoms with Gasteiger partial charge in [-0.05, 0) is 45.6 Å². The van der Waals surface area contributed by atoms with E-state index in [4.69, 9.17) is 4.74 Å². The van der Waals surface area contributed by atoms with Gasteiger partial charge in [-0.15, -0.1) is 0 Å². The van der Waals surface area contributed by atoms with Crippen molar-refractivity contribution in [2.75, 3.05) is 34.3 Å². The van der Waals surface area contributed by atoms with Crippen LogP contribution in [0.15, 0.2) is 12.1 Å². The van der Waals surface area contributed by atoms with Crippen molar-refractivity contribution in [1.29, 1.82) is 0 Å². The zero-order valence-corrected chi connectivity index (χ0v) is 13.1. The molecule has 6 heteroatoms.